The molecular weight excluding hydrogens is 206 g/mol. The fraction of sp³-hybridized carbons (Fsp3) is 0.636. The van der Waals surface area contributed by atoms with Gasteiger partial charge in [0.25, 0.3) is 0 Å². The third kappa shape index (κ3) is 3.66. The Morgan fingerprint density at radius 3 is 2.69 bits per heavy atom. The van der Waals surface area contributed by atoms with Gasteiger partial charge in [-0.1, -0.05) is 6.92 Å². The lowest BCUT2D eigenvalue weighted by molar-refractivity contribution is -0.142. The topological polar surface area (TPSA) is 67.2 Å². The summed E-state index contributed by atoms with van der Waals surface area (Å²) in [6.07, 6.45) is 3.62. The summed E-state index contributed by atoms with van der Waals surface area (Å²) in [4.78, 5) is 10.8. The summed E-state index contributed by atoms with van der Waals surface area (Å²) in [7, 11) is 0. The Balaban J connectivity index is 2.39. The van der Waals surface area contributed by atoms with E-state index >= 15 is 0 Å². The predicted molar refractivity (Wildman–Crippen MR) is 61.1 cm³/mol. The highest BCUT2D eigenvalue weighted by Crippen LogP contribution is 2.04. The Hall–Kier alpha value is -1.36. The number of aliphatic carboxylic acids is 1. The quantitative estimate of drug-likeness (QED) is 0.757. The largest absolute Gasteiger partial charge is 0.481 e. The van der Waals surface area contributed by atoms with Crippen molar-refractivity contribution >= 4 is 5.97 Å². The molecular formula is C11H19N3O2. The minimum absolute atomic E-state index is 0.0527. The van der Waals surface area contributed by atoms with Crippen LogP contribution in [0.15, 0.2) is 18.5 Å². The van der Waals surface area contributed by atoms with E-state index in [9.17, 15) is 4.79 Å². The van der Waals surface area contributed by atoms with Crippen LogP contribution in [0.3, 0.4) is 0 Å². The number of carboxylic acid groups (broad SMARTS) is 1. The minimum Gasteiger partial charge on any atom is -0.481 e. The highest BCUT2D eigenvalue weighted by atomic mass is 16.4. The van der Waals surface area contributed by atoms with Crippen LogP contribution < -0.4 is 5.32 Å². The molecule has 0 aliphatic heterocycles. The van der Waals surface area contributed by atoms with Gasteiger partial charge in [-0.3, -0.25) is 9.48 Å². The van der Waals surface area contributed by atoms with Crippen molar-refractivity contribution < 1.29 is 9.90 Å². The van der Waals surface area contributed by atoms with Gasteiger partial charge in [-0.15, -0.1) is 0 Å². The number of nitrogens with one attached hydrogen (secondary N) is 1. The molecule has 0 saturated heterocycles. The van der Waals surface area contributed by atoms with Gasteiger partial charge in [0.1, 0.15) is 0 Å². The molecule has 5 heteroatoms. The van der Waals surface area contributed by atoms with Crippen molar-refractivity contribution in [2.45, 2.75) is 39.4 Å². The van der Waals surface area contributed by atoms with E-state index in [2.05, 4.69) is 10.4 Å². The summed E-state index contributed by atoms with van der Waals surface area (Å²) >= 11 is 0. The second kappa shape index (κ2) is 5.65. The summed E-state index contributed by atoms with van der Waals surface area (Å²) in [5.41, 5.74) is 0. The van der Waals surface area contributed by atoms with Crippen LogP contribution in [0, 0.1) is 5.92 Å². The highest BCUT2D eigenvalue weighted by Gasteiger charge is 2.20. The standard InChI is InChI=1S/C11H19N3O2/c1-8(7-14-6-4-5-12-14)13-10(3)9(2)11(15)16/h4-6,8-10,13H,7H2,1-3H3,(H,15,16). The molecule has 16 heavy (non-hydrogen) atoms. The van der Waals surface area contributed by atoms with Gasteiger partial charge in [0, 0.05) is 24.5 Å². The number of nitrogens with zero attached hydrogens (tertiary/aromatic N) is 2. The van der Waals surface area contributed by atoms with Crippen LogP contribution in [0.2, 0.25) is 0 Å². The van der Waals surface area contributed by atoms with E-state index in [1.807, 2.05) is 30.8 Å². The molecule has 1 aromatic heterocycles. The van der Waals surface area contributed by atoms with Crippen molar-refractivity contribution in [2.24, 2.45) is 5.92 Å². The van der Waals surface area contributed by atoms with Crippen LogP contribution >= 0.6 is 0 Å². The molecule has 0 bridgehead atoms. The number of rotatable bonds is 6. The molecule has 2 N–H and O–H groups in total. The molecule has 0 fully saturated rings. The molecule has 1 rings (SSSR count). The zero-order valence-electron chi connectivity index (χ0n) is 9.92. The molecule has 1 heterocycles. The second-order valence-electron chi connectivity index (χ2n) is 4.21. The third-order valence-electron chi connectivity index (χ3n) is 2.71. The number of hydrogen-bond acceptors (Lipinski definition) is 3. The molecule has 1 aromatic rings. The van der Waals surface area contributed by atoms with Crippen molar-refractivity contribution in [1.29, 1.82) is 0 Å². The van der Waals surface area contributed by atoms with E-state index in [0.717, 1.165) is 6.54 Å². The first kappa shape index (κ1) is 12.7. The van der Waals surface area contributed by atoms with Gasteiger partial charge in [-0.25, -0.2) is 0 Å². The zero-order chi connectivity index (χ0) is 12.1. The average Bonchev–Trinajstić information content (AvgIpc) is 2.68. The maximum atomic E-state index is 10.8. The molecule has 0 amide bonds. The molecule has 5 nitrogen and oxygen atoms in total. The number of carbonyl (C=O) groups is 1. The molecule has 0 aliphatic rings. The number of hydrogen-bond donors (Lipinski definition) is 2. The molecule has 0 saturated carbocycles. The Bertz CT molecular complexity index is 324. The van der Waals surface area contributed by atoms with E-state index in [4.69, 9.17) is 5.11 Å². The molecule has 3 atom stereocenters. The lowest BCUT2D eigenvalue weighted by atomic mass is 10.0. The van der Waals surface area contributed by atoms with E-state index in [-0.39, 0.29) is 18.0 Å². The van der Waals surface area contributed by atoms with Crippen molar-refractivity contribution in [1.82, 2.24) is 15.1 Å². The number of aromatic nitrogens is 2. The van der Waals surface area contributed by atoms with E-state index < -0.39 is 5.97 Å². The maximum Gasteiger partial charge on any atom is 0.307 e. The van der Waals surface area contributed by atoms with Crippen molar-refractivity contribution in [3.8, 4) is 0 Å². The van der Waals surface area contributed by atoms with Gasteiger partial charge in [0.2, 0.25) is 0 Å². The van der Waals surface area contributed by atoms with E-state index in [1.54, 1.807) is 13.1 Å². The summed E-state index contributed by atoms with van der Waals surface area (Å²) < 4.78 is 1.83. The highest BCUT2D eigenvalue weighted by molar-refractivity contribution is 5.70. The summed E-state index contributed by atoms with van der Waals surface area (Å²) in [6.45, 7) is 6.36. The van der Waals surface area contributed by atoms with Gasteiger partial charge in [0.15, 0.2) is 0 Å². The van der Waals surface area contributed by atoms with Gasteiger partial charge >= 0.3 is 5.97 Å². The Kier molecular flexibility index (Phi) is 4.49. The molecule has 0 radical (unpaired) electrons. The third-order valence-corrected chi connectivity index (χ3v) is 2.71. The second-order valence-corrected chi connectivity index (χ2v) is 4.21. The normalized spacial score (nSPS) is 16.7. The summed E-state index contributed by atoms with van der Waals surface area (Å²) in [5, 5.41) is 16.2. The summed E-state index contributed by atoms with van der Waals surface area (Å²) in [5.74, 6) is -1.16. The maximum absolute atomic E-state index is 10.8. The van der Waals surface area contributed by atoms with Crippen molar-refractivity contribution in [2.75, 3.05) is 0 Å². The van der Waals surface area contributed by atoms with E-state index in [0.29, 0.717) is 0 Å². The Labute approximate surface area is 95.5 Å². The summed E-state index contributed by atoms with van der Waals surface area (Å²) in [6, 6.07) is 2.01. The lowest BCUT2D eigenvalue weighted by Crippen LogP contribution is -2.43. The zero-order valence-corrected chi connectivity index (χ0v) is 9.92. The van der Waals surface area contributed by atoms with Gasteiger partial charge in [-0.2, -0.15) is 5.10 Å². The Morgan fingerprint density at radius 2 is 2.19 bits per heavy atom. The molecule has 0 spiro atoms. The molecule has 0 aliphatic carbocycles. The monoisotopic (exact) mass is 225 g/mol. The fourth-order valence-corrected chi connectivity index (χ4v) is 1.55. The fourth-order valence-electron chi connectivity index (χ4n) is 1.55. The van der Waals surface area contributed by atoms with Crippen LogP contribution in [-0.2, 0) is 11.3 Å². The van der Waals surface area contributed by atoms with Gasteiger partial charge in [-0.05, 0) is 19.9 Å². The molecule has 90 valence electrons. The predicted octanol–water partition coefficient (Wildman–Crippen LogP) is 0.970. The SMILES string of the molecule is CC(Cn1cccn1)NC(C)C(C)C(=O)O. The smallest absolute Gasteiger partial charge is 0.307 e. The van der Waals surface area contributed by atoms with Gasteiger partial charge < -0.3 is 10.4 Å². The van der Waals surface area contributed by atoms with Crippen LogP contribution in [0.25, 0.3) is 0 Å². The Morgan fingerprint density at radius 1 is 1.50 bits per heavy atom. The van der Waals surface area contributed by atoms with Crippen LogP contribution in [0.1, 0.15) is 20.8 Å². The van der Waals surface area contributed by atoms with E-state index in [1.165, 1.54) is 0 Å². The molecule has 0 aromatic carbocycles. The lowest BCUT2D eigenvalue weighted by Gasteiger charge is -2.22. The van der Waals surface area contributed by atoms with Crippen LogP contribution in [-0.4, -0.2) is 32.9 Å². The minimum atomic E-state index is -0.772. The first-order valence-electron chi connectivity index (χ1n) is 5.47. The van der Waals surface area contributed by atoms with Crippen LogP contribution in [0.5, 0.6) is 0 Å². The van der Waals surface area contributed by atoms with Gasteiger partial charge in [0.05, 0.1) is 12.5 Å². The van der Waals surface area contributed by atoms with Crippen molar-refractivity contribution in [3.63, 3.8) is 0 Å². The number of carboxylic acids is 1. The first-order chi connectivity index (χ1) is 7.50. The first-order valence-corrected chi connectivity index (χ1v) is 5.47. The van der Waals surface area contributed by atoms with Crippen LogP contribution in [0.4, 0.5) is 0 Å². The van der Waals surface area contributed by atoms with Crippen molar-refractivity contribution in [3.05, 3.63) is 18.5 Å². The average molecular weight is 225 g/mol. The molecule has 3 unspecified atom stereocenters.